The second-order valence-corrected chi connectivity index (χ2v) is 20.3. The lowest BCUT2D eigenvalue weighted by Crippen LogP contribution is -2.41. The second-order valence-electron chi connectivity index (χ2n) is 18.9. The molecule has 29 nitrogen and oxygen atoms in total. The maximum Gasteiger partial charge on any atom is 0.325 e. The molecule has 0 spiro atoms. The molecule has 0 radical (unpaired) electrons. The number of rotatable bonds is 26. The average Bonchev–Trinajstić information content (AvgIpc) is 3.12. The number of hydrogen-bond donors (Lipinski definition) is 11. The topological polar surface area (TPSA) is 391 Å². The van der Waals surface area contributed by atoms with Crippen molar-refractivity contribution in [2.24, 2.45) is 5.92 Å². The summed E-state index contributed by atoms with van der Waals surface area (Å²) >= 11 is 17.4. The van der Waals surface area contributed by atoms with Crippen LogP contribution >= 0.6 is 34.8 Å². The molecule has 0 aromatic heterocycles. The Bertz CT molecular complexity index is 2930. The van der Waals surface area contributed by atoms with Gasteiger partial charge in [-0.15, -0.1) is 0 Å². The number of halogens is 3. The molecule has 0 unspecified atom stereocenters. The number of fused-ring (bicyclic) bond motifs is 1. The van der Waals surface area contributed by atoms with E-state index in [-0.39, 0.29) is 64.7 Å². The molecular formula is C61H84Cl3N11O18. The van der Waals surface area contributed by atoms with Gasteiger partial charge in [-0.1, -0.05) is 65.1 Å². The third kappa shape index (κ3) is 40.3. The van der Waals surface area contributed by atoms with Crippen LogP contribution in [-0.4, -0.2) is 159 Å². The van der Waals surface area contributed by atoms with E-state index in [4.69, 9.17) is 59.5 Å². The number of anilines is 1. The molecule has 0 saturated carbocycles. The number of esters is 5. The minimum absolute atomic E-state index is 0.0898. The predicted octanol–water partition coefficient (Wildman–Crippen LogP) is 5.78. The molecule has 1 fully saturated rings. The zero-order valence-corrected chi connectivity index (χ0v) is 54.8. The number of nitrogen functional groups attached to an aromatic ring is 1. The van der Waals surface area contributed by atoms with Gasteiger partial charge in [-0.05, 0) is 137 Å². The van der Waals surface area contributed by atoms with Gasteiger partial charge in [-0.2, -0.15) is 0 Å². The Balaban J connectivity index is 0.000000396. The van der Waals surface area contributed by atoms with Crippen LogP contribution in [0.15, 0.2) is 84.9 Å². The quantitative estimate of drug-likeness (QED) is 0.0201. The molecule has 6 rings (SSSR count). The molecule has 93 heavy (non-hydrogen) atoms. The summed E-state index contributed by atoms with van der Waals surface area (Å²) in [6.07, 6.45) is 2.64. The molecule has 10 amide bonds. The molecule has 0 bridgehead atoms. The number of amides is 10. The van der Waals surface area contributed by atoms with Gasteiger partial charge in [0.05, 0.1) is 33.0 Å². The van der Waals surface area contributed by atoms with E-state index in [0.29, 0.717) is 97.2 Å². The summed E-state index contributed by atoms with van der Waals surface area (Å²) in [7, 11) is 0. The smallest absolute Gasteiger partial charge is 0.325 e. The first kappa shape index (κ1) is 79.9. The number of benzene rings is 4. The van der Waals surface area contributed by atoms with Crippen LogP contribution in [0, 0.1) is 5.92 Å². The van der Waals surface area contributed by atoms with E-state index in [1.807, 2.05) is 42.5 Å². The van der Waals surface area contributed by atoms with E-state index >= 15 is 0 Å². The number of nitrogens with one attached hydrogen (secondary N) is 10. The summed E-state index contributed by atoms with van der Waals surface area (Å²) in [5, 5.41) is 26.9. The van der Waals surface area contributed by atoms with Crippen molar-refractivity contribution in [2.75, 3.05) is 105 Å². The van der Waals surface area contributed by atoms with Crippen LogP contribution in [0.5, 0.6) is 11.5 Å². The monoisotopic (exact) mass is 1360 g/mol. The first-order chi connectivity index (χ1) is 44.6. The van der Waals surface area contributed by atoms with Crippen molar-refractivity contribution >= 4 is 100 Å². The van der Waals surface area contributed by atoms with Gasteiger partial charge in [0, 0.05) is 66.7 Å². The molecule has 0 atom stereocenters. The zero-order valence-electron chi connectivity index (χ0n) is 52.6. The van der Waals surface area contributed by atoms with E-state index in [9.17, 15) is 47.9 Å². The lowest BCUT2D eigenvalue weighted by Gasteiger charge is -2.22. The number of carbonyl (C=O) groups is 10. The lowest BCUT2D eigenvalue weighted by molar-refractivity contribution is -0.142. The van der Waals surface area contributed by atoms with Gasteiger partial charge in [-0.3, -0.25) is 24.0 Å². The van der Waals surface area contributed by atoms with Crippen molar-refractivity contribution in [3.63, 3.8) is 0 Å². The first-order valence-corrected chi connectivity index (χ1v) is 30.6. The Morgan fingerprint density at radius 2 is 0.796 bits per heavy atom. The Kier molecular flexibility index (Phi) is 41.7. The SMILES string of the molecule is CCOC(=O)CNC(=O)NCC1CCOCC1.CCOC(=O)CNC(=O)NCCc1ccc(N)cc1.CCOC(=O)CNC(=O)NCc1cc(Cl)cc(Cl)c1.CCOC(=O)CNC(=O)NCc1ccc(Cl)cc1.CCOC(=O)CNC(=O)NCc1ccc2c(c1)OCO2. The Morgan fingerprint density at radius 3 is 1.24 bits per heavy atom. The molecular weight excluding hydrogens is 1280 g/mol. The minimum atomic E-state index is -0.483. The highest BCUT2D eigenvalue weighted by Gasteiger charge is 2.17. The van der Waals surface area contributed by atoms with Crippen LogP contribution in [0.1, 0.15) is 69.7 Å². The van der Waals surface area contributed by atoms with Gasteiger partial charge in [-0.25, -0.2) is 24.0 Å². The molecule has 2 aliphatic rings. The minimum Gasteiger partial charge on any atom is -0.465 e. The van der Waals surface area contributed by atoms with Gasteiger partial charge >= 0.3 is 60.0 Å². The van der Waals surface area contributed by atoms with Crippen molar-refractivity contribution in [3.8, 4) is 11.5 Å². The molecule has 12 N–H and O–H groups in total. The van der Waals surface area contributed by atoms with Crippen LogP contribution in [0.25, 0.3) is 0 Å². The predicted molar refractivity (Wildman–Crippen MR) is 345 cm³/mol. The molecule has 2 aliphatic heterocycles. The number of carbonyl (C=O) groups excluding carboxylic acids is 10. The van der Waals surface area contributed by atoms with Crippen LogP contribution in [0.3, 0.4) is 0 Å². The van der Waals surface area contributed by atoms with Crippen molar-refractivity contribution in [1.82, 2.24) is 53.2 Å². The fourth-order valence-electron chi connectivity index (χ4n) is 7.24. The summed E-state index contributed by atoms with van der Waals surface area (Å²) in [5.74, 6) is -0.452. The third-order valence-corrected chi connectivity index (χ3v) is 12.4. The number of nitrogens with two attached hydrogens (primary N) is 1. The summed E-state index contributed by atoms with van der Waals surface area (Å²) in [4.78, 5) is 112. The lowest BCUT2D eigenvalue weighted by atomic mass is 10.0. The van der Waals surface area contributed by atoms with Crippen LogP contribution in [0.4, 0.5) is 29.7 Å². The largest absolute Gasteiger partial charge is 0.465 e. The van der Waals surface area contributed by atoms with Gasteiger partial charge < -0.3 is 96.8 Å². The second kappa shape index (κ2) is 48.6. The Hall–Kier alpha value is -9.19. The van der Waals surface area contributed by atoms with Crippen LogP contribution in [0.2, 0.25) is 15.1 Å². The Morgan fingerprint density at radius 1 is 0.419 bits per heavy atom. The van der Waals surface area contributed by atoms with Crippen LogP contribution in [-0.2, 0) is 78.4 Å². The molecule has 4 aromatic carbocycles. The van der Waals surface area contributed by atoms with Gasteiger partial charge in [0.25, 0.3) is 0 Å². The normalized spacial score (nSPS) is 11.4. The molecule has 512 valence electrons. The Labute approximate surface area is 554 Å². The van der Waals surface area contributed by atoms with Crippen molar-refractivity contribution in [3.05, 3.63) is 122 Å². The summed E-state index contributed by atoms with van der Waals surface area (Å²) in [6.45, 7) is 13.2. The van der Waals surface area contributed by atoms with Crippen molar-refractivity contribution in [2.45, 2.75) is 73.5 Å². The molecule has 0 aliphatic carbocycles. The molecule has 2 heterocycles. The summed E-state index contributed by atoms with van der Waals surface area (Å²) in [6, 6.07) is 22.9. The van der Waals surface area contributed by atoms with Crippen molar-refractivity contribution in [1.29, 1.82) is 0 Å². The standard InChI is InChI=1S/C13H19N3O3.C13H16N2O5.C12H14Cl2N2O3.C12H15ClN2O3.C11H20N2O4/c1-2-19-12(17)9-16-13(18)15-8-7-10-3-5-11(14)6-4-10;1-2-18-12(16)7-15-13(17)14-6-9-3-4-10-11(5-9)20-8-19-10;1-2-19-11(17)7-16-12(18)15-6-8-3-9(13)5-10(14)4-8;1-2-18-11(16)8-15-12(17)14-7-9-3-5-10(13)6-4-9;1-2-17-10(14)8-13-11(15)12-7-9-3-5-16-6-4-9/h3-6H,2,7-9,14H2,1H3,(H2,15,16,18);3-5H,2,6-8H2,1H3,(H2,14,15,17);3-5H,2,6-7H2,1H3,(H2,15,16,18);3-6H,2,7-8H2,1H3,(H2,14,15,17);9H,2-8H2,1H3,(H2,12,13,15). The van der Waals surface area contributed by atoms with E-state index in [1.54, 1.807) is 77.1 Å². The highest BCUT2D eigenvalue weighted by molar-refractivity contribution is 6.34. The number of urea groups is 5. The molecule has 32 heteroatoms. The van der Waals surface area contributed by atoms with Crippen molar-refractivity contribution < 1.29 is 85.8 Å². The van der Waals surface area contributed by atoms with Crippen LogP contribution < -0.4 is 68.4 Å². The van der Waals surface area contributed by atoms with E-state index in [2.05, 4.69) is 72.1 Å². The zero-order chi connectivity index (χ0) is 68.6. The van der Waals surface area contributed by atoms with Gasteiger partial charge in [0.1, 0.15) is 32.7 Å². The molecule has 1 saturated heterocycles. The third-order valence-electron chi connectivity index (χ3n) is 11.7. The number of ether oxygens (including phenoxy) is 8. The van der Waals surface area contributed by atoms with E-state index < -0.39 is 47.9 Å². The summed E-state index contributed by atoms with van der Waals surface area (Å²) < 4.78 is 39.1. The maximum atomic E-state index is 11.5. The van der Waals surface area contributed by atoms with E-state index in [1.165, 1.54) is 0 Å². The fourth-order valence-corrected chi connectivity index (χ4v) is 7.94. The van der Waals surface area contributed by atoms with E-state index in [0.717, 1.165) is 48.3 Å². The van der Waals surface area contributed by atoms with Gasteiger partial charge in [0.15, 0.2) is 11.5 Å². The highest BCUT2D eigenvalue weighted by atomic mass is 35.5. The maximum absolute atomic E-state index is 11.5. The number of hydrogen-bond acceptors (Lipinski definition) is 19. The summed E-state index contributed by atoms with van der Waals surface area (Å²) in [5.41, 5.74) is 9.93. The first-order valence-electron chi connectivity index (χ1n) is 29.5. The fraction of sp³-hybridized carbons (Fsp3) is 0.443. The highest BCUT2D eigenvalue weighted by Crippen LogP contribution is 2.32. The average molecular weight is 1370 g/mol. The molecule has 4 aromatic rings. The van der Waals surface area contributed by atoms with Gasteiger partial charge in [0.2, 0.25) is 6.79 Å².